The van der Waals surface area contributed by atoms with E-state index >= 15 is 0 Å². The molecule has 2 N–H and O–H groups in total. The Morgan fingerprint density at radius 1 is 1.42 bits per heavy atom. The van der Waals surface area contributed by atoms with Gasteiger partial charge < -0.3 is 5.73 Å². The van der Waals surface area contributed by atoms with E-state index in [0.29, 0.717) is 0 Å². The number of nitrogens with two attached hydrogens (primary N) is 1. The number of alkyl halides is 3. The lowest BCUT2D eigenvalue weighted by molar-refractivity contribution is -0.165. The van der Waals surface area contributed by atoms with Gasteiger partial charge in [0.05, 0.1) is 5.92 Å². The summed E-state index contributed by atoms with van der Waals surface area (Å²) in [6.45, 7) is 1.64. The Bertz CT molecular complexity index is 116. The highest BCUT2D eigenvalue weighted by Gasteiger charge is 2.37. The first-order valence-corrected chi connectivity index (χ1v) is 5.02. The summed E-state index contributed by atoms with van der Waals surface area (Å²) in [7, 11) is 0. The molecular weight excluding hydrogens is 187 g/mol. The third kappa shape index (κ3) is 4.87. The second-order valence-corrected chi connectivity index (χ2v) is 3.70. The smallest absolute Gasteiger partial charge is 0.330 e. The lowest BCUT2D eigenvalue weighted by Crippen LogP contribution is -2.32. The predicted octanol–water partition coefficient (Wildman–Crippen LogP) is 2.27. The molecule has 1 atom stereocenters. The maximum Gasteiger partial charge on any atom is 0.393 e. The lowest BCUT2D eigenvalue weighted by atomic mass is 10.2. The molecule has 0 aliphatic carbocycles. The summed E-state index contributed by atoms with van der Waals surface area (Å²) in [4.78, 5) is 0. The van der Waals surface area contributed by atoms with E-state index in [4.69, 9.17) is 5.73 Å². The minimum atomic E-state index is -4.13. The maximum absolute atomic E-state index is 12.1. The largest absolute Gasteiger partial charge is 0.393 e. The minimum absolute atomic E-state index is 0.0911. The van der Waals surface area contributed by atoms with E-state index in [2.05, 4.69) is 0 Å². The van der Waals surface area contributed by atoms with Crippen molar-refractivity contribution in [2.75, 3.05) is 18.1 Å². The Morgan fingerprint density at radius 3 is 2.33 bits per heavy atom. The van der Waals surface area contributed by atoms with Crippen LogP contribution in [0.4, 0.5) is 13.2 Å². The van der Waals surface area contributed by atoms with Crippen LogP contribution >= 0.6 is 11.8 Å². The Kier molecular flexibility index (Phi) is 5.74. The summed E-state index contributed by atoms with van der Waals surface area (Å²) in [6.07, 6.45) is -3.23. The number of rotatable bonds is 5. The third-order valence-corrected chi connectivity index (χ3v) is 2.75. The summed E-state index contributed by atoms with van der Waals surface area (Å²) in [5, 5.41) is 0. The molecule has 5 heteroatoms. The second-order valence-electron chi connectivity index (χ2n) is 2.55. The van der Waals surface area contributed by atoms with Gasteiger partial charge in [-0.25, -0.2) is 0 Å². The van der Waals surface area contributed by atoms with Crippen LogP contribution in [-0.2, 0) is 0 Å². The van der Waals surface area contributed by atoms with Crippen LogP contribution < -0.4 is 5.73 Å². The van der Waals surface area contributed by atoms with Crippen LogP contribution in [0, 0.1) is 5.92 Å². The van der Waals surface area contributed by atoms with E-state index in [9.17, 15) is 13.2 Å². The molecule has 0 heterocycles. The first kappa shape index (κ1) is 12.1. The predicted molar refractivity (Wildman–Crippen MR) is 46.2 cm³/mol. The maximum atomic E-state index is 12.1. The summed E-state index contributed by atoms with van der Waals surface area (Å²) in [5.74, 6) is -0.477. The van der Waals surface area contributed by atoms with E-state index in [1.54, 1.807) is 0 Å². The van der Waals surface area contributed by atoms with Gasteiger partial charge in [-0.2, -0.15) is 24.9 Å². The summed E-state index contributed by atoms with van der Waals surface area (Å²) < 4.78 is 36.2. The average molecular weight is 201 g/mol. The van der Waals surface area contributed by atoms with Crippen molar-refractivity contribution < 1.29 is 13.2 Å². The molecule has 0 aromatic rings. The highest BCUT2D eigenvalue weighted by Crippen LogP contribution is 2.28. The number of halogens is 3. The van der Waals surface area contributed by atoms with Crippen LogP contribution in [-0.4, -0.2) is 24.2 Å². The van der Waals surface area contributed by atoms with Crippen molar-refractivity contribution in [2.45, 2.75) is 19.5 Å². The highest BCUT2D eigenvalue weighted by molar-refractivity contribution is 7.99. The Balaban J connectivity index is 3.68. The molecule has 0 aliphatic heterocycles. The van der Waals surface area contributed by atoms with Gasteiger partial charge in [0.15, 0.2) is 0 Å². The van der Waals surface area contributed by atoms with Crippen molar-refractivity contribution in [3.05, 3.63) is 0 Å². The molecule has 1 unspecified atom stereocenters. The molecule has 0 radical (unpaired) electrons. The van der Waals surface area contributed by atoms with Crippen LogP contribution in [0.25, 0.3) is 0 Å². The van der Waals surface area contributed by atoms with Crippen LogP contribution in [0.1, 0.15) is 13.3 Å². The van der Waals surface area contributed by atoms with Gasteiger partial charge in [-0.1, -0.05) is 6.92 Å². The molecule has 0 saturated carbocycles. The molecule has 0 aliphatic rings. The van der Waals surface area contributed by atoms with Crippen molar-refractivity contribution in [3.8, 4) is 0 Å². The molecule has 0 aromatic carbocycles. The number of hydrogen-bond acceptors (Lipinski definition) is 2. The molecule has 1 nitrogen and oxygen atoms in total. The first-order valence-electron chi connectivity index (χ1n) is 3.86. The van der Waals surface area contributed by atoms with Crippen LogP contribution in [0.5, 0.6) is 0 Å². The van der Waals surface area contributed by atoms with Crippen molar-refractivity contribution in [2.24, 2.45) is 11.7 Å². The number of hydrogen-bond donors (Lipinski definition) is 1. The summed E-state index contributed by atoms with van der Waals surface area (Å²) >= 11 is 1.31. The van der Waals surface area contributed by atoms with Gasteiger partial charge in [-0.15, -0.1) is 0 Å². The highest BCUT2D eigenvalue weighted by atomic mass is 32.2. The normalized spacial score (nSPS) is 14.8. The van der Waals surface area contributed by atoms with Crippen molar-refractivity contribution in [3.63, 3.8) is 0 Å². The molecular formula is C7H14F3NS. The van der Waals surface area contributed by atoms with Crippen LogP contribution in [0.15, 0.2) is 0 Å². The molecule has 0 saturated heterocycles. The Hall–Kier alpha value is 0.100. The molecule has 0 aromatic heterocycles. The lowest BCUT2D eigenvalue weighted by Gasteiger charge is -2.17. The van der Waals surface area contributed by atoms with Gasteiger partial charge in [0.25, 0.3) is 0 Å². The van der Waals surface area contributed by atoms with E-state index in [1.165, 1.54) is 11.8 Å². The van der Waals surface area contributed by atoms with Crippen molar-refractivity contribution >= 4 is 11.8 Å². The van der Waals surface area contributed by atoms with E-state index < -0.39 is 12.1 Å². The quantitative estimate of drug-likeness (QED) is 0.690. The van der Waals surface area contributed by atoms with E-state index in [1.807, 2.05) is 6.92 Å². The fourth-order valence-electron chi connectivity index (χ4n) is 0.666. The number of thioether (sulfide) groups is 1. The van der Waals surface area contributed by atoms with E-state index in [0.717, 1.165) is 12.2 Å². The van der Waals surface area contributed by atoms with Gasteiger partial charge in [0.1, 0.15) is 0 Å². The van der Waals surface area contributed by atoms with Gasteiger partial charge in [-0.05, 0) is 12.2 Å². The second kappa shape index (κ2) is 5.70. The van der Waals surface area contributed by atoms with Crippen LogP contribution in [0.2, 0.25) is 0 Å². The van der Waals surface area contributed by atoms with Crippen LogP contribution in [0.3, 0.4) is 0 Å². The molecule has 74 valence electrons. The third-order valence-electron chi connectivity index (χ3n) is 1.41. The molecule has 12 heavy (non-hydrogen) atoms. The Labute approximate surface area is 74.9 Å². The first-order chi connectivity index (χ1) is 5.52. The zero-order valence-electron chi connectivity index (χ0n) is 7.03. The monoisotopic (exact) mass is 201 g/mol. The SMILES string of the molecule is CCCSCC(CN)C(F)(F)F. The van der Waals surface area contributed by atoms with Gasteiger partial charge in [-0.3, -0.25) is 0 Å². The fraction of sp³-hybridized carbons (Fsp3) is 1.00. The van der Waals surface area contributed by atoms with Gasteiger partial charge in [0.2, 0.25) is 0 Å². The molecule has 0 amide bonds. The van der Waals surface area contributed by atoms with Crippen molar-refractivity contribution in [1.29, 1.82) is 0 Å². The fourth-order valence-corrected chi connectivity index (χ4v) is 1.73. The van der Waals surface area contributed by atoms with Crippen molar-refractivity contribution in [1.82, 2.24) is 0 Å². The molecule has 0 rings (SSSR count). The molecule has 0 bridgehead atoms. The topological polar surface area (TPSA) is 26.0 Å². The van der Waals surface area contributed by atoms with Gasteiger partial charge >= 0.3 is 6.18 Å². The summed E-state index contributed by atoms with van der Waals surface area (Å²) in [6, 6.07) is 0. The zero-order valence-corrected chi connectivity index (χ0v) is 7.84. The zero-order chi connectivity index (χ0) is 9.61. The molecule has 0 fully saturated rings. The standard InChI is InChI=1S/C7H14F3NS/c1-2-3-12-5-6(4-11)7(8,9)10/h6H,2-5,11H2,1H3. The van der Waals surface area contributed by atoms with Gasteiger partial charge in [0, 0.05) is 12.3 Å². The van der Waals surface area contributed by atoms with E-state index in [-0.39, 0.29) is 12.3 Å². The average Bonchev–Trinajstić information content (AvgIpc) is 1.95. The Morgan fingerprint density at radius 2 is 2.00 bits per heavy atom. The molecule has 0 spiro atoms. The summed E-state index contributed by atoms with van der Waals surface area (Å²) in [5.41, 5.74) is 5.01. The minimum Gasteiger partial charge on any atom is -0.330 e.